The predicted octanol–water partition coefficient (Wildman–Crippen LogP) is 2.62. The standard InChI is InChI=1S/C17H16N2O4/c1-11(16(20)19-9-12-5-4-8-22-12)23-17(21)14-10-18-15-7-3-2-6-13(14)15/h2-8,10-11,18H,9H2,1H3,(H,19,20)/t11-/m0/s1. The number of carbonyl (C=O) groups excluding carboxylic acids is 2. The first kappa shape index (κ1) is 14.9. The molecule has 0 fully saturated rings. The summed E-state index contributed by atoms with van der Waals surface area (Å²) in [6, 6.07) is 10.9. The van der Waals surface area contributed by atoms with Gasteiger partial charge in [0.05, 0.1) is 18.4 Å². The topological polar surface area (TPSA) is 84.3 Å². The number of H-pyrrole nitrogens is 1. The Balaban J connectivity index is 1.61. The van der Waals surface area contributed by atoms with E-state index in [4.69, 9.17) is 9.15 Å². The zero-order valence-electron chi connectivity index (χ0n) is 12.5. The largest absolute Gasteiger partial charge is 0.467 e. The van der Waals surface area contributed by atoms with E-state index in [0.717, 1.165) is 10.9 Å². The van der Waals surface area contributed by atoms with Crippen molar-refractivity contribution in [3.8, 4) is 0 Å². The van der Waals surface area contributed by atoms with Gasteiger partial charge in [-0.1, -0.05) is 18.2 Å². The van der Waals surface area contributed by atoms with E-state index in [1.54, 1.807) is 18.3 Å². The summed E-state index contributed by atoms with van der Waals surface area (Å²) in [7, 11) is 0. The molecule has 3 rings (SSSR count). The van der Waals surface area contributed by atoms with E-state index in [1.807, 2.05) is 24.3 Å². The van der Waals surface area contributed by atoms with Gasteiger partial charge in [0, 0.05) is 17.1 Å². The highest BCUT2D eigenvalue weighted by atomic mass is 16.5. The second kappa shape index (κ2) is 6.39. The molecule has 2 heterocycles. The lowest BCUT2D eigenvalue weighted by atomic mass is 10.2. The molecule has 6 nitrogen and oxygen atoms in total. The summed E-state index contributed by atoms with van der Waals surface area (Å²) in [5.74, 6) is -0.286. The molecule has 0 unspecified atom stereocenters. The monoisotopic (exact) mass is 312 g/mol. The Hall–Kier alpha value is -3.02. The van der Waals surface area contributed by atoms with Gasteiger partial charge in [0.25, 0.3) is 5.91 Å². The highest BCUT2D eigenvalue weighted by Gasteiger charge is 2.20. The van der Waals surface area contributed by atoms with Crippen LogP contribution in [0.4, 0.5) is 0 Å². The molecule has 0 spiro atoms. The van der Waals surface area contributed by atoms with Crippen molar-refractivity contribution >= 4 is 22.8 Å². The maximum absolute atomic E-state index is 12.2. The minimum Gasteiger partial charge on any atom is -0.467 e. The molecular formula is C17H16N2O4. The van der Waals surface area contributed by atoms with Crippen molar-refractivity contribution in [2.75, 3.05) is 0 Å². The molecule has 1 aromatic carbocycles. The smallest absolute Gasteiger partial charge is 0.341 e. The lowest BCUT2D eigenvalue weighted by Gasteiger charge is -2.12. The zero-order valence-corrected chi connectivity index (χ0v) is 12.5. The van der Waals surface area contributed by atoms with Crippen molar-refractivity contribution in [1.82, 2.24) is 10.3 Å². The van der Waals surface area contributed by atoms with Gasteiger partial charge in [-0.2, -0.15) is 0 Å². The van der Waals surface area contributed by atoms with Crippen molar-refractivity contribution < 1.29 is 18.7 Å². The van der Waals surface area contributed by atoms with Gasteiger partial charge in [0.2, 0.25) is 0 Å². The third kappa shape index (κ3) is 3.26. The molecule has 3 aromatic rings. The van der Waals surface area contributed by atoms with Crippen molar-refractivity contribution in [3.05, 3.63) is 60.2 Å². The number of carbonyl (C=O) groups is 2. The van der Waals surface area contributed by atoms with Crippen molar-refractivity contribution in [2.45, 2.75) is 19.6 Å². The second-order valence-electron chi connectivity index (χ2n) is 5.09. The molecule has 0 aliphatic carbocycles. The number of aromatic amines is 1. The fourth-order valence-electron chi connectivity index (χ4n) is 2.25. The predicted molar refractivity (Wildman–Crippen MR) is 83.7 cm³/mol. The number of nitrogens with one attached hydrogen (secondary N) is 2. The van der Waals surface area contributed by atoms with Gasteiger partial charge in [-0.05, 0) is 25.1 Å². The summed E-state index contributed by atoms with van der Waals surface area (Å²) in [6.07, 6.45) is 2.22. The Morgan fingerprint density at radius 3 is 2.87 bits per heavy atom. The number of amides is 1. The fourth-order valence-corrected chi connectivity index (χ4v) is 2.25. The van der Waals surface area contributed by atoms with Crippen LogP contribution in [0.3, 0.4) is 0 Å². The van der Waals surface area contributed by atoms with Crippen molar-refractivity contribution in [3.63, 3.8) is 0 Å². The minimum atomic E-state index is -0.897. The molecule has 2 aromatic heterocycles. The summed E-state index contributed by atoms with van der Waals surface area (Å²) >= 11 is 0. The molecule has 1 amide bonds. The Kier molecular flexibility index (Phi) is 4.14. The second-order valence-corrected chi connectivity index (χ2v) is 5.09. The van der Waals surface area contributed by atoms with Crippen LogP contribution in [0.25, 0.3) is 10.9 Å². The molecule has 0 saturated carbocycles. The van der Waals surface area contributed by atoms with Crippen molar-refractivity contribution in [1.29, 1.82) is 0 Å². The highest BCUT2D eigenvalue weighted by Crippen LogP contribution is 2.19. The van der Waals surface area contributed by atoms with Crippen LogP contribution in [-0.2, 0) is 16.1 Å². The third-order valence-electron chi connectivity index (χ3n) is 3.48. The molecule has 0 aliphatic heterocycles. The summed E-state index contributed by atoms with van der Waals surface area (Å²) in [4.78, 5) is 27.2. The molecule has 0 radical (unpaired) electrons. The van der Waals surface area contributed by atoms with Gasteiger partial charge < -0.3 is 19.5 Å². The van der Waals surface area contributed by atoms with Crippen LogP contribution in [0.1, 0.15) is 23.0 Å². The van der Waals surface area contributed by atoms with Gasteiger partial charge in [-0.3, -0.25) is 4.79 Å². The highest BCUT2D eigenvalue weighted by molar-refractivity contribution is 6.04. The lowest BCUT2D eigenvalue weighted by Crippen LogP contribution is -2.35. The molecule has 23 heavy (non-hydrogen) atoms. The Labute approximate surface area is 132 Å². The van der Waals surface area contributed by atoms with E-state index in [2.05, 4.69) is 10.3 Å². The Bertz CT molecular complexity index is 820. The molecule has 2 N–H and O–H groups in total. The Morgan fingerprint density at radius 2 is 2.09 bits per heavy atom. The van der Waals surface area contributed by atoms with Crippen LogP contribution in [-0.4, -0.2) is 23.0 Å². The number of ether oxygens (including phenoxy) is 1. The fraction of sp³-hybridized carbons (Fsp3) is 0.176. The number of furan rings is 1. The van der Waals surface area contributed by atoms with Crippen molar-refractivity contribution in [2.24, 2.45) is 0 Å². The van der Waals surface area contributed by atoms with Crippen LogP contribution >= 0.6 is 0 Å². The van der Waals surface area contributed by atoms with Crippen LogP contribution < -0.4 is 5.32 Å². The molecule has 0 saturated heterocycles. The number of aromatic nitrogens is 1. The van der Waals surface area contributed by atoms with E-state index in [9.17, 15) is 9.59 Å². The van der Waals surface area contributed by atoms with E-state index >= 15 is 0 Å². The van der Waals surface area contributed by atoms with Crippen LogP contribution in [0.5, 0.6) is 0 Å². The molecular weight excluding hydrogens is 296 g/mol. The van der Waals surface area contributed by atoms with Gasteiger partial charge >= 0.3 is 5.97 Å². The SMILES string of the molecule is C[C@H](OC(=O)c1c[nH]c2ccccc12)C(=O)NCc1ccco1. The molecule has 6 heteroatoms. The summed E-state index contributed by atoms with van der Waals surface area (Å²) in [5.41, 5.74) is 1.25. The van der Waals surface area contributed by atoms with E-state index < -0.39 is 12.1 Å². The number of rotatable bonds is 5. The number of hydrogen-bond donors (Lipinski definition) is 2. The third-order valence-corrected chi connectivity index (χ3v) is 3.48. The molecule has 118 valence electrons. The number of esters is 1. The first-order chi connectivity index (χ1) is 11.1. The quantitative estimate of drug-likeness (QED) is 0.709. The van der Waals surface area contributed by atoms with Crippen LogP contribution in [0.2, 0.25) is 0 Å². The maximum atomic E-state index is 12.2. The molecule has 0 aliphatic rings. The average Bonchev–Trinajstić information content (AvgIpc) is 3.21. The van der Waals surface area contributed by atoms with E-state index in [1.165, 1.54) is 13.2 Å². The number of benzene rings is 1. The first-order valence-corrected chi connectivity index (χ1v) is 7.22. The molecule has 0 bridgehead atoms. The van der Waals surface area contributed by atoms with E-state index in [-0.39, 0.29) is 12.5 Å². The van der Waals surface area contributed by atoms with Crippen LogP contribution in [0, 0.1) is 0 Å². The zero-order chi connectivity index (χ0) is 16.2. The van der Waals surface area contributed by atoms with Crippen LogP contribution in [0.15, 0.2) is 53.3 Å². The van der Waals surface area contributed by atoms with Gasteiger partial charge in [-0.25, -0.2) is 4.79 Å². The van der Waals surface area contributed by atoms with Gasteiger partial charge in [-0.15, -0.1) is 0 Å². The first-order valence-electron chi connectivity index (χ1n) is 7.22. The van der Waals surface area contributed by atoms with Gasteiger partial charge in [0.15, 0.2) is 6.10 Å². The summed E-state index contributed by atoms with van der Waals surface area (Å²) in [6.45, 7) is 1.78. The summed E-state index contributed by atoms with van der Waals surface area (Å²) < 4.78 is 10.4. The lowest BCUT2D eigenvalue weighted by molar-refractivity contribution is -0.129. The van der Waals surface area contributed by atoms with Gasteiger partial charge in [0.1, 0.15) is 5.76 Å². The number of para-hydroxylation sites is 1. The Morgan fingerprint density at radius 1 is 1.26 bits per heavy atom. The number of hydrogen-bond acceptors (Lipinski definition) is 4. The minimum absolute atomic E-state index is 0.251. The van der Waals surface area contributed by atoms with E-state index in [0.29, 0.717) is 11.3 Å². The average molecular weight is 312 g/mol. The molecule has 1 atom stereocenters. The maximum Gasteiger partial charge on any atom is 0.341 e. The normalized spacial score (nSPS) is 12.0. The number of fused-ring (bicyclic) bond motifs is 1. The summed E-state index contributed by atoms with van der Waals surface area (Å²) in [5, 5.41) is 3.42.